The number of nitrogens with one attached hydrogen (secondary N) is 1. The third-order valence-corrected chi connectivity index (χ3v) is 3.01. The molecule has 0 aromatic heterocycles. The van der Waals surface area contributed by atoms with Crippen LogP contribution in [0.1, 0.15) is 33.1 Å². The van der Waals surface area contributed by atoms with Crippen LogP contribution in [0.2, 0.25) is 0 Å². The second-order valence-electron chi connectivity index (χ2n) is 4.57. The van der Waals surface area contributed by atoms with E-state index in [0.717, 1.165) is 12.8 Å². The molecule has 0 aliphatic heterocycles. The van der Waals surface area contributed by atoms with Crippen molar-refractivity contribution in [2.75, 3.05) is 13.7 Å². The van der Waals surface area contributed by atoms with Crippen LogP contribution >= 0.6 is 0 Å². The van der Waals surface area contributed by atoms with E-state index in [2.05, 4.69) is 5.32 Å². The minimum atomic E-state index is -0.749. The van der Waals surface area contributed by atoms with Gasteiger partial charge in [0, 0.05) is 6.54 Å². The maximum absolute atomic E-state index is 11.4. The summed E-state index contributed by atoms with van der Waals surface area (Å²) in [5.41, 5.74) is -0.749. The van der Waals surface area contributed by atoms with Crippen molar-refractivity contribution in [3.8, 4) is 0 Å². The van der Waals surface area contributed by atoms with Gasteiger partial charge in [-0.3, -0.25) is 4.79 Å². The van der Waals surface area contributed by atoms with Crippen LogP contribution in [-0.4, -0.2) is 36.4 Å². The van der Waals surface area contributed by atoms with Crippen LogP contribution in [0, 0.1) is 5.92 Å². The molecule has 2 unspecified atom stereocenters. The fourth-order valence-electron chi connectivity index (χ4n) is 1.45. The molecule has 0 aromatic carbocycles. The lowest BCUT2D eigenvalue weighted by Crippen LogP contribution is -2.47. The lowest BCUT2D eigenvalue weighted by atomic mass is 10.0. The molecule has 2 atom stereocenters. The summed E-state index contributed by atoms with van der Waals surface area (Å²) < 4.78 is 4.73. The molecule has 4 heteroatoms. The number of carbonyl (C=O) groups is 1. The van der Waals surface area contributed by atoms with E-state index < -0.39 is 5.60 Å². The smallest absolute Gasteiger partial charge is 0.323 e. The van der Waals surface area contributed by atoms with E-state index in [0.29, 0.717) is 18.9 Å². The van der Waals surface area contributed by atoms with Gasteiger partial charge in [0.05, 0.1) is 12.7 Å². The van der Waals surface area contributed by atoms with Gasteiger partial charge >= 0.3 is 5.97 Å². The highest BCUT2D eigenvalue weighted by atomic mass is 16.5. The Morgan fingerprint density at radius 2 is 2.27 bits per heavy atom. The molecule has 1 aliphatic rings. The lowest BCUT2D eigenvalue weighted by molar-refractivity contribution is -0.144. The van der Waals surface area contributed by atoms with Gasteiger partial charge in [-0.1, -0.05) is 6.92 Å². The summed E-state index contributed by atoms with van der Waals surface area (Å²) in [6.07, 6.45) is 2.81. The first-order valence-corrected chi connectivity index (χ1v) is 5.54. The van der Waals surface area contributed by atoms with Crippen molar-refractivity contribution in [3.05, 3.63) is 0 Å². The standard InChI is InChI=1S/C11H21NO3/c1-4-11(2,14)7-12-9(8-5-6-8)10(13)15-3/h8-9,12,14H,4-7H2,1-3H3. The Kier molecular flexibility index (Phi) is 4.11. The molecule has 0 aromatic rings. The monoisotopic (exact) mass is 215 g/mol. The van der Waals surface area contributed by atoms with E-state index in [4.69, 9.17) is 4.74 Å². The highest BCUT2D eigenvalue weighted by Crippen LogP contribution is 2.33. The zero-order valence-corrected chi connectivity index (χ0v) is 9.75. The highest BCUT2D eigenvalue weighted by molar-refractivity contribution is 5.76. The Hall–Kier alpha value is -0.610. The predicted octanol–water partition coefficient (Wildman–Crippen LogP) is 0.689. The SMILES string of the molecule is CCC(C)(O)CNC(C(=O)OC)C1CC1. The maximum Gasteiger partial charge on any atom is 0.323 e. The topological polar surface area (TPSA) is 58.6 Å². The molecule has 0 bridgehead atoms. The number of methoxy groups -OCH3 is 1. The Morgan fingerprint density at radius 1 is 1.67 bits per heavy atom. The van der Waals surface area contributed by atoms with Gasteiger partial charge in [-0.2, -0.15) is 0 Å². The van der Waals surface area contributed by atoms with Gasteiger partial charge in [0.2, 0.25) is 0 Å². The molecule has 0 saturated heterocycles. The summed E-state index contributed by atoms with van der Waals surface area (Å²) in [6.45, 7) is 4.12. The van der Waals surface area contributed by atoms with Crippen LogP contribution < -0.4 is 5.32 Å². The fraction of sp³-hybridized carbons (Fsp3) is 0.909. The van der Waals surface area contributed by atoms with Gasteiger partial charge in [0.15, 0.2) is 0 Å². The molecule has 1 fully saturated rings. The van der Waals surface area contributed by atoms with Crippen LogP contribution in [0.25, 0.3) is 0 Å². The molecule has 1 aliphatic carbocycles. The Morgan fingerprint density at radius 3 is 2.67 bits per heavy atom. The largest absolute Gasteiger partial charge is 0.468 e. The Balaban J connectivity index is 2.41. The maximum atomic E-state index is 11.4. The number of hydrogen-bond acceptors (Lipinski definition) is 4. The zero-order chi connectivity index (χ0) is 11.5. The van der Waals surface area contributed by atoms with Crippen molar-refractivity contribution >= 4 is 5.97 Å². The minimum absolute atomic E-state index is 0.218. The van der Waals surface area contributed by atoms with Crippen LogP contribution in [0.4, 0.5) is 0 Å². The average Bonchev–Trinajstić information content (AvgIpc) is 3.01. The van der Waals surface area contributed by atoms with Gasteiger partial charge in [0.1, 0.15) is 6.04 Å². The molecule has 4 nitrogen and oxygen atoms in total. The molecular formula is C11H21NO3. The lowest BCUT2D eigenvalue weighted by Gasteiger charge is -2.25. The van der Waals surface area contributed by atoms with Gasteiger partial charge in [0.25, 0.3) is 0 Å². The second-order valence-corrected chi connectivity index (χ2v) is 4.57. The summed E-state index contributed by atoms with van der Waals surface area (Å²) in [6, 6.07) is -0.243. The van der Waals surface area contributed by atoms with Gasteiger partial charge in [-0.05, 0) is 32.1 Å². The Bertz CT molecular complexity index is 224. The zero-order valence-electron chi connectivity index (χ0n) is 9.75. The van der Waals surface area contributed by atoms with E-state index in [9.17, 15) is 9.90 Å². The fourth-order valence-corrected chi connectivity index (χ4v) is 1.45. The van der Waals surface area contributed by atoms with Gasteiger partial charge in [-0.15, -0.1) is 0 Å². The molecule has 88 valence electrons. The van der Waals surface area contributed by atoms with Gasteiger partial charge in [-0.25, -0.2) is 0 Å². The number of aliphatic hydroxyl groups is 1. The number of ether oxygens (including phenoxy) is 1. The molecule has 1 saturated carbocycles. The molecule has 15 heavy (non-hydrogen) atoms. The van der Waals surface area contributed by atoms with Crippen LogP contribution in [0.5, 0.6) is 0 Å². The van der Waals surface area contributed by atoms with E-state index in [1.807, 2.05) is 6.92 Å². The normalized spacial score (nSPS) is 21.9. The van der Waals surface area contributed by atoms with E-state index in [-0.39, 0.29) is 12.0 Å². The summed E-state index contributed by atoms with van der Waals surface area (Å²) in [5, 5.41) is 12.9. The van der Waals surface area contributed by atoms with Gasteiger partial charge < -0.3 is 15.2 Å². The average molecular weight is 215 g/mol. The van der Waals surface area contributed by atoms with Crippen LogP contribution in [-0.2, 0) is 9.53 Å². The number of carbonyl (C=O) groups excluding carboxylic acids is 1. The van der Waals surface area contributed by atoms with E-state index >= 15 is 0 Å². The third-order valence-electron chi connectivity index (χ3n) is 3.01. The third kappa shape index (κ3) is 3.80. The summed E-state index contributed by atoms with van der Waals surface area (Å²) in [5.74, 6) is 0.175. The molecule has 0 spiro atoms. The first kappa shape index (κ1) is 12.5. The molecule has 2 N–H and O–H groups in total. The molecule has 0 amide bonds. The molecule has 0 heterocycles. The first-order chi connectivity index (χ1) is 7.00. The molecular weight excluding hydrogens is 194 g/mol. The number of rotatable bonds is 6. The summed E-state index contributed by atoms with van der Waals surface area (Å²) in [7, 11) is 1.40. The minimum Gasteiger partial charge on any atom is -0.468 e. The highest BCUT2D eigenvalue weighted by Gasteiger charge is 2.37. The van der Waals surface area contributed by atoms with Crippen molar-refractivity contribution < 1.29 is 14.6 Å². The van der Waals surface area contributed by atoms with Crippen molar-refractivity contribution in [1.29, 1.82) is 0 Å². The molecule has 0 radical (unpaired) electrons. The predicted molar refractivity (Wildman–Crippen MR) is 57.4 cm³/mol. The number of esters is 1. The Labute approximate surface area is 91.0 Å². The molecule has 1 rings (SSSR count). The summed E-state index contributed by atoms with van der Waals surface area (Å²) in [4.78, 5) is 11.4. The number of hydrogen-bond donors (Lipinski definition) is 2. The van der Waals surface area contributed by atoms with Crippen molar-refractivity contribution in [2.45, 2.75) is 44.8 Å². The van der Waals surface area contributed by atoms with Crippen LogP contribution in [0.3, 0.4) is 0 Å². The van der Waals surface area contributed by atoms with E-state index in [1.165, 1.54) is 7.11 Å². The second kappa shape index (κ2) is 4.94. The van der Waals surface area contributed by atoms with E-state index in [1.54, 1.807) is 6.92 Å². The van der Waals surface area contributed by atoms with Crippen molar-refractivity contribution in [1.82, 2.24) is 5.32 Å². The van der Waals surface area contributed by atoms with Crippen molar-refractivity contribution in [2.24, 2.45) is 5.92 Å². The van der Waals surface area contributed by atoms with Crippen LogP contribution in [0.15, 0.2) is 0 Å². The summed E-state index contributed by atoms with van der Waals surface area (Å²) >= 11 is 0. The first-order valence-electron chi connectivity index (χ1n) is 5.54. The van der Waals surface area contributed by atoms with Crippen molar-refractivity contribution in [3.63, 3.8) is 0 Å². The quantitative estimate of drug-likeness (QED) is 0.640.